The van der Waals surface area contributed by atoms with Gasteiger partial charge in [-0.25, -0.2) is 4.39 Å². The highest BCUT2D eigenvalue weighted by molar-refractivity contribution is 7.98. The summed E-state index contributed by atoms with van der Waals surface area (Å²) in [5, 5.41) is 3.82. The summed E-state index contributed by atoms with van der Waals surface area (Å²) in [5.41, 5.74) is 1.42. The average molecular weight is 435 g/mol. The number of halogens is 1. The van der Waals surface area contributed by atoms with Gasteiger partial charge in [0.1, 0.15) is 5.82 Å². The van der Waals surface area contributed by atoms with E-state index in [-0.39, 0.29) is 17.8 Å². The number of piperidine rings is 1. The molecule has 6 heteroatoms. The Labute approximate surface area is 182 Å². The third kappa shape index (κ3) is 5.62. The van der Waals surface area contributed by atoms with Gasteiger partial charge in [0.2, 0.25) is 0 Å². The van der Waals surface area contributed by atoms with Crippen molar-refractivity contribution in [1.29, 1.82) is 0 Å². The van der Waals surface area contributed by atoms with E-state index < -0.39 is 0 Å². The van der Waals surface area contributed by atoms with E-state index in [4.69, 9.17) is 0 Å². The van der Waals surface area contributed by atoms with Gasteiger partial charge in [0.15, 0.2) is 0 Å². The average Bonchev–Trinajstić information content (AvgIpc) is 3.27. The van der Waals surface area contributed by atoms with Gasteiger partial charge in [0.05, 0.1) is 5.56 Å². The maximum absolute atomic E-state index is 14.4. The van der Waals surface area contributed by atoms with Gasteiger partial charge in [0.25, 0.3) is 5.91 Å². The Morgan fingerprint density at radius 3 is 2.66 bits per heavy atom. The molecule has 2 aromatic rings. The Bertz CT molecular complexity index is 775. The number of likely N-dealkylation sites (tertiary alicyclic amines) is 1. The van der Waals surface area contributed by atoms with E-state index >= 15 is 0 Å². The summed E-state index contributed by atoms with van der Waals surface area (Å²) in [6.45, 7) is 4.38. The molecule has 0 radical (unpaired) electrons. The van der Waals surface area contributed by atoms with Crippen molar-refractivity contribution in [3.8, 4) is 0 Å². The summed E-state index contributed by atoms with van der Waals surface area (Å²) >= 11 is 3.42. The van der Waals surface area contributed by atoms with Crippen molar-refractivity contribution in [2.24, 2.45) is 5.92 Å². The first-order valence-electron chi connectivity index (χ1n) is 10.3. The molecule has 1 saturated heterocycles. The quantitative estimate of drug-likeness (QED) is 0.582. The number of rotatable bonds is 8. The molecule has 1 aromatic carbocycles. The molecule has 3 rings (SSSR count). The number of amides is 1. The van der Waals surface area contributed by atoms with Crippen LogP contribution in [0, 0.1) is 11.7 Å². The first kappa shape index (κ1) is 22.3. The van der Waals surface area contributed by atoms with Gasteiger partial charge in [-0.05, 0) is 74.5 Å². The molecule has 0 aliphatic carbocycles. The minimum Gasteiger partial charge on any atom is -0.338 e. The van der Waals surface area contributed by atoms with Crippen LogP contribution in [0.2, 0.25) is 0 Å². The van der Waals surface area contributed by atoms with Crippen molar-refractivity contribution in [2.45, 2.75) is 38.3 Å². The van der Waals surface area contributed by atoms with Crippen molar-refractivity contribution in [2.75, 3.05) is 32.1 Å². The van der Waals surface area contributed by atoms with Crippen LogP contribution in [0.1, 0.15) is 35.7 Å². The Balaban J connectivity index is 1.76. The molecular formula is C23H31FN2OS2. The van der Waals surface area contributed by atoms with Crippen LogP contribution >= 0.6 is 23.1 Å². The zero-order chi connectivity index (χ0) is 20.8. The van der Waals surface area contributed by atoms with E-state index in [9.17, 15) is 9.18 Å². The first-order chi connectivity index (χ1) is 14.0. The van der Waals surface area contributed by atoms with Gasteiger partial charge < -0.3 is 4.90 Å². The molecule has 1 aliphatic heterocycles. The van der Waals surface area contributed by atoms with Gasteiger partial charge in [-0.2, -0.15) is 23.1 Å². The Kier molecular flexibility index (Phi) is 8.16. The lowest BCUT2D eigenvalue weighted by atomic mass is 9.84. The van der Waals surface area contributed by atoms with Crippen molar-refractivity contribution in [1.82, 2.24) is 9.80 Å². The summed E-state index contributed by atoms with van der Waals surface area (Å²) in [7, 11) is 1.88. The Morgan fingerprint density at radius 1 is 1.31 bits per heavy atom. The van der Waals surface area contributed by atoms with Crippen LogP contribution in [0.25, 0.3) is 0 Å². The number of carbonyl (C=O) groups excluding carboxylic acids is 1. The van der Waals surface area contributed by atoms with E-state index in [0.717, 1.165) is 37.2 Å². The van der Waals surface area contributed by atoms with Crippen LogP contribution in [0.3, 0.4) is 0 Å². The monoisotopic (exact) mass is 434 g/mol. The normalized spacial score (nSPS) is 17.8. The van der Waals surface area contributed by atoms with Crippen molar-refractivity contribution in [3.63, 3.8) is 0 Å². The first-order valence-corrected chi connectivity index (χ1v) is 12.6. The lowest BCUT2D eigenvalue weighted by Gasteiger charge is -2.41. The molecule has 0 unspecified atom stereocenters. The molecule has 1 aromatic heterocycles. The van der Waals surface area contributed by atoms with Crippen LogP contribution in [-0.4, -0.2) is 59.9 Å². The van der Waals surface area contributed by atoms with Gasteiger partial charge >= 0.3 is 0 Å². The molecule has 158 valence electrons. The van der Waals surface area contributed by atoms with Crippen LogP contribution in [0.5, 0.6) is 0 Å². The molecule has 1 aliphatic rings. The highest BCUT2D eigenvalue weighted by Gasteiger charge is 2.33. The van der Waals surface area contributed by atoms with Crippen LogP contribution in [0.4, 0.5) is 4.39 Å². The van der Waals surface area contributed by atoms with Crippen LogP contribution in [0.15, 0.2) is 41.1 Å². The second kappa shape index (κ2) is 10.6. The van der Waals surface area contributed by atoms with Crippen LogP contribution in [-0.2, 0) is 6.42 Å². The topological polar surface area (TPSA) is 23.6 Å². The minimum absolute atomic E-state index is 0.00249. The number of nitrogens with zero attached hydrogens (tertiary/aromatic N) is 2. The molecule has 29 heavy (non-hydrogen) atoms. The summed E-state index contributed by atoms with van der Waals surface area (Å²) in [6, 6.07) is 9.40. The second-order valence-corrected chi connectivity index (χ2v) is 9.66. The standard InChI is InChI=1S/C23H31FN2OS2/c1-17(15-28-3)26-11-8-18(9-12-26)22(14-19-6-4-5-7-21(19)24)25(2)23(27)20-10-13-29-16-20/h4-7,10,13,16-18,22H,8-9,11-12,14-15H2,1-3H3/t17-,22+/m0/s1. The highest BCUT2D eigenvalue weighted by atomic mass is 32.2. The Morgan fingerprint density at radius 2 is 2.03 bits per heavy atom. The number of hydrogen-bond acceptors (Lipinski definition) is 4. The number of thiophene rings is 1. The van der Waals surface area contributed by atoms with Gasteiger partial charge in [0, 0.05) is 30.3 Å². The lowest BCUT2D eigenvalue weighted by Crippen LogP contribution is -2.49. The molecule has 2 heterocycles. The molecule has 0 N–H and O–H groups in total. The molecule has 1 fully saturated rings. The molecule has 1 amide bonds. The Hall–Kier alpha value is -1.37. The largest absolute Gasteiger partial charge is 0.338 e. The van der Waals surface area contributed by atoms with Gasteiger partial charge in [-0.3, -0.25) is 9.69 Å². The van der Waals surface area contributed by atoms with Gasteiger partial charge in [-0.1, -0.05) is 18.2 Å². The summed E-state index contributed by atoms with van der Waals surface area (Å²) in [4.78, 5) is 17.5. The van der Waals surface area contributed by atoms with E-state index in [1.807, 2.05) is 52.7 Å². The maximum Gasteiger partial charge on any atom is 0.254 e. The second-order valence-electron chi connectivity index (χ2n) is 7.97. The van der Waals surface area contributed by atoms with Crippen molar-refractivity contribution < 1.29 is 9.18 Å². The predicted octanol–water partition coefficient (Wildman–Crippen LogP) is 5.03. The van der Waals surface area contributed by atoms with E-state index in [1.54, 1.807) is 6.07 Å². The third-order valence-corrected chi connectivity index (χ3v) is 7.62. The maximum atomic E-state index is 14.4. The van der Waals surface area contributed by atoms with E-state index in [1.165, 1.54) is 17.4 Å². The molecule has 3 nitrogen and oxygen atoms in total. The molecule has 0 bridgehead atoms. The zero-order valence-electron chi connectivity index (χ0n) is 17.5. The number of carbonyl (C=O) groups is 1. The SMILES string of the molecule is CSC[C@H](C)N1CCC([C@@H](Cc2ccccc2F)N(C)C(=O)c2ccsc2)CC1. The summed E-state index contributed by atoms with van der Waals surface area (Å²) in [5.74, 6) is 1.37. The fraction of sp³-hybridized carbons (Fsp3) is 0.522. The van der Waals surface area contributed by atoms with Crippen molar-refractivity contribution >= 4 is 29.0 Å². The van der Waals surface area contributed by atoms with Crippen molar-refractivity contribution in [3.05, 3.63) is 58.0 Å². The fourth-order valence-corrected chi connectivity index (χ4v) is 5.66. The van der Waals surface area contributed by atoms with Gasteiger partial charge in [-0.15, -0.1) is 0 Å². The number of benzene rings is 1. The summed E-state index contributed by atoms with van der Waals surface area (Å²) in [6.07, 6.45) is 4.79. The predicted molar refractivity (Wildman–Crippen MR) is 122 cm³/mol. The highest BCUT2D eigenvalue weighted by Crippen LogP contribution is 2.29. The van der Waals surface area contributed by atoms with Crippen LogP contribution < -0.4 is 0 Å². The lowest BCUT2D eigenvalue weighted by molar-refractivity contribution is 0.0563. The molecular weight excluding hydrogens is 403 g/mol. The zero-order valence-corrected chi connectivity index (χ0v) is 19.1. The summed E-state index contributed by atoms with van der Waals surface area (Å²) < 4.78 is 14.4. The van der Waals surface area contributed by atoms with E-state index in [0.29, 0.717) is 23.9 Å². The minimum atomic E-state index is -0.181. The number of hydrogen-bond donors (Lipinski definition) is 0. The molecule has 0 spiro atoms. The smallest absolute Gasteiger partial charge is 0.254 e. The fourth-order valence-electron chi connectivity index (χ4n) is 4.34. The van der Waals surface area contributed by atoms with E-state index in [2.05, 4.69) is 18.1 Å². The number of thioether (sulfide) groups is 1. The molecule has 2 atom stereocenters. The number of likely N-dealkylation sites (N-methyl/N-ethyl adjacent to an activating group) is 1. The molecule has 0 saturated carbocycles. The third-order valence-electron chi connectivity index (χ3n) is 6.12.